The molecule has 3 rings (SSSR count). The van der Waals surface area contributed by atoms with Crippen molar-refractivity contribution in [3.63, 3.8) is 0 Å². The van der Waals surface area contributed by atoms with E-state index in [1.54, 1.807) is 0 Å². The monoisotopic (exact) mass is 334 g/mol. The van der Waals surface area contributed by atoms with Crippen molar-refractivity contribution in [3.05, 3.63) is 72.1 Å². The molecule has 0 fully saturated rings. The van der Waals surface area contributed by atoms with Gasteiger partial charge in [0.1, 0.15) is 6.33 Å². The number of H-pyrrole nitrogens is 1. The van der Waals surface area contributed by atoms with Gasteiger partial charge in [-0.2, -0.15) is 5.10 Å². The fourth-order valence-electron chi connectivity index (χ4n) is 2.46. The molecule has 0 aliphatic rings. The fraction of sp³-hybridized carbons (Fsp3) is 0.211. The van der Waals surface area contributed by atoms with Crippen LogP contribution in [0.3, 0.4) is 0 Å². The number of guanidine groups is 1. The number of hydrogen-bond donors (Lipinski definition) is 3. The van der Waals surface area contributed by atoms with Crippen molar-refractivity contribution >= 4 is 5.96 Å². The Hall–Kier alpha value is -3.15. The van der Waals surface area contributed by atoms with E-state index in [2.05, 4.69) is 62.0 Å². The third kappa shape index (κ3) is 4.91. The van der Waals surface area contributed by atoms with E-state index >= 15 is 0 Å². The molecule has 3 N–H and O–H groups in total. The van der Waals surface area contributed by atoms with Gasteiger partial charge in [0.05, 0.1) is 6.54 Å². The Morgan fingerprint density at radius 2 is 1.88 bits per heavy atom. The number of nitrogens with one attached hydrogen (secondary N) is 3. The summed E-state index contributed by atoms with van der Waals surface area (Å²) in [6.45, 7) is 4.21. The Kier molecular flexibility index (Phi) is 5.77. The van der Waals surface area contributed by atoms with E-state index in [1.165, 1.54) is 11.9 Å². The second kappa shape index (κ2) is 8.63. The van der Waals surface area contributed by atoms with Crippen molar-refractivity contribution < 1.29 is 0 Å². The molecule has 3 aromatic rings. The maximum atomic E-state index is 4.67. The van der Waals surface area contributed by atoms with Crippen LogP contribution in [0.25, 0.3) is 11.4 Å². The van der Waals surface area contributed by atoms with Gasteiger partial charge in [-0.05, 0) is 24.1 Å². The molecule has 0 spiro atoms. The lowest BCUT2D eigenvalue weighted by Crippen LogP contribution is -2.36. The van der Waals surface area contributed by atoms with Crippen molar-refractivity contribution in [2.24, 2.45) is 4.99 Å². The molecule has 25 heavy (non-hydrogen) atoms. The predicted octanol–water partition coefficient (Wildman–Crippen LogP) is 2.73. The summed E-state index contributed by atoms with van der Waals surface area (Å²) < 4.78 is 0. The topological polar surface area (TPSA) is 78.0 Å². The Balaban J connectivity index is 1.66. The van der Waals surface area contributed by atoms with E-state index in [0.29, 0.717) is 6.54 Å². The Morgan fingerprint density at radius 1 is 1.04 bits per heavy atom. The van der Waals surface area contributed by atoms with E-state index in [0.717, 1.165) is 36.0 Å². The summed E-state index contributed by atoms with van der Waals surface area (Å²) in [5.41, 5.74) is 3.35. The van der Waals surface area contributed by atoms with Gasteiger partial charge in [0.25, 0.3) is 0 Å². The van der Waals surface area contributed by atoms with Crippen LogP contribution in [-0.4, -0.2) is 27.7 Å². The van der Waals surface area contributed by atoms with Gasteiger partial charge in [0.2, 0.25) is 0 Å². The lowest BCUT2D eigenvalue weighted by atomic mass is 10.1. The average molecular weight is 334 g/mol. The van der Waals surface area contributed by atoms with Gasteiger partial charge >= 0.3 is 0 Å². The van der Waals surface area contributed by atoms with Gasteiger partial charge in [-0.25, -0.2) is 9.98 Å². The highest BCUT2D eigenvalue weighted by Gasteiger charge is 2.02. The zero-order valence-corrected chi connectivity index (χ0v) is 14.2. The van der Waals surface area contributed by atoms with E-state index in [4.69, 9.17) is 0 Å². The maximum Gasteiger partial charge on any atom is 0.191 e. The van der Waals surface area contributed by atoms with Gasteiger partial charge in [-0.3, -0.25) is 5.10 Å². The van der Waals surface area contributed by atoms with Crippen LogP contribution < -0.4 is 10.6 Å². The molecule has 0 radical (unpaired) electrons. The van der Waals surface area contributed by atoms with E-state index < -0.39 is 0 Å². The summed E-state index contributed by atoms with van der Waals surface area (Å²) in [6.07, 6.45) is 1.51. The highest BCUT2D eigenvalue weighted by atomic mass is 15.2. The molecule has 0 aliphatic carbocycles. The predicted molar refractivity (Wildman–Crippen MR) is 99.9 cm³/mol. The third-order valence-corrected chi connectivity index (χ3v) is 3.68. The molecule has 1 aromatic heterocycles. The van der Waals surface area contributed by atoms with Crippen LogP contribution in [0.1, 0.15) is 18.1 Å². The van der Waals surface area contributed by atoms with Crippen LogP contribution in [0, 0.1) is 0 Å². The first-order valence-corrected chi connectivity index (χ1v) is 8.36. The maximum absolute atomic E-state index is 4.67. The minimum absolute atomic E-state index is 0.589. The quantitative estimate of drug-likeness (QED) is 0.478. The summed E-state index contributed by atoms with van der Waals surface area (Å²) in [5, 5.41) is 13.4. The fourth-order valence-corrected chi connectivity index (χ4v) is 2.46. The number of nitrogens with zero attached hydrogens (tertiary/aromatic N) is 3. The molecule has 0 saturated heterocycles. The lowest BCUT2D eigenvalue weighted by molar-refractivity contribution is 0.816. The van der Waals surface area contributed by atoms with E-state index in [9.17, 15) is 0 Å². The molecule has 0 atom stereocenters. The molecular weight excluding hydrogens is 312 g/mol. The molecule has 0 amide bonds. The van der Waals surface area contributed by atoms with Gasteiger partial charge in [-0.15, -0.1) is 0 Å². The zero-order chi connectivity index (χ0) is 17.3. The van der Waals surface area contributed by atoms with Crippen LogP contribution in [0.15, 0.2) is 65.9 Å². The number of hydrogen-bond acceptors (Lipinski definition) is 3. The van der Waals surface area contributed by atoms with Crippen molar-refractivity contribution in [3.8, 4) is 11.4 Å². The minimum Gasteiger partial charge on any atom is -0.357 e. The van der Waals surface area contributed by atoms with Crippen LogP contribution in [0.2, 0.25) is 0 Å². The summed E-state index contributed by atoms with van der Waals surface area (Å²) >= 11 is 0. The van der Waals surface area contributed by atoms with Crippen molar-refractivity contribution in [2.45, 2.75) is 20.0 Å². The second-order valence-corrected chi connectivity index (χ2v) is 5.57. The first kappa shape index (κ1) is 16.7. The van der Waals surface area contributed by atoms with Gasteiger partial charge in [-0.1, -0.05) is 48.5 Å². The third-order valence-electron chi connectivity index (χ3n) is 3.68. The van der Waals surface area contributed by atoms with E-state index in [-0.39, 0.29) is 0 Å². The standard InChI is InChI=1S/C19H22N6/c1-2-20-19(21-12-15-7-4-3-5-8-15)22-13-16-9-6-10-17(11-16)18-23-14-24-25-18/h3-11,14H,2,12-13H2,1H3,(H2,20,21,22)(H,23,24,25). The molecule has 1 heterocycles. The van der Waals surface area contributed by atoms with Gasteiger partial charge in [0.15, 0.2) is 11.8 Å². The number of aliphatic imine (C=N–C) groups is 1. The van der Waals surface area contributed by atoms with Crippen molar-refractivity contribution in [1.29, 1.82) is 0 Å². The van der Waals surface area contributed by atoms with Crippen LogP contribution in [0.5, 0.6) is 0 Å². The van der Waals surface area contributed by atoms with E-state index in [1.807, 2.05) is 30.3 Å². The average Bonchev–Trinajstić information content (AvgIpc) is 3.20. The van der Waals surface area contributed by atoms with Crippen LogP contribution in [-0.2, 0) is 13.1 Å². The Labute approximate surface area is 147 Å². The molecule has 0 aliphatic heterocycles. The molecule has 0 unspecified atom stereocenters. The first-order valence-electron chi connectivity index (χ1n) is 8.36. The molecular formula is C19H22N6. The van der Waals surface area contributed by atoms with Crippen molar-refractivity contribution in [1.82, 2.24) is 25.8 Å². The van der Waals surface area contributed by atoms with Crippen LogP contribution in [0.4, 0.5) is 0 Å². The minimum atomic E-state index is 0.589. The van der Waals surface area contributed by atoms with Gasteiger partial charge < -0.3 is 10.6 Å². The van der Waals surface area contributed by atoms with Crippen LogP contribution >= 0.6 is 0 Å². The SMILES string of the molecule is CCNC(=NCc1cccc(-c2ncn[nH]2)c1)NCc1ccccc1. The molecule has 6 heteroatoms. The lowest BCUT2D eigenvalue weighted by Gasteiger charge is -2.11. The largest absolute Gasteiger partial charge is 0.357 e. The summed E-state index contributed by atoms with van der Waals surface area (Å²) in [6, 6.07) is 18.4. The zero-order valence-electron chi connectivity index (χ0n) is 14.2. The molecule has 0 bridgehead atoms. The number of aromatic amines is 1. The highest BCUT2D eigenvalue weighted by molar-refractivity contribution is 5.79. The smallest absolute Gasteiger partial charge is 0.191 e. The highest BCUT2D eigenvalue weighted by Crippen LogP contribution is 2.15. The number of aromatic nitrogens is 3. The Bertz CT molecular complexity index is 796. The molecule has 6 nitrogen and oxygen atoms in total. The van der Waals surface area contributed by atoms with Crippen molar-refractivity contribution in [2.75, 3.05) is 6.54 Å². The Morgan fingerprint density at radius 3 is 2.64 bits per heavy atom. The second-order valence-electron chi connectivity index (χ2n) is 5.57. The summed E-state index contributed by atoms with van der Waals surface area (Å²) in [5.74, 6) is 1.57. The molecule has 0 saturated carbocycles. The van der Waals surface area contributed by atoms with Gasteiger partial charge in [0, 0.05) is 18.7 Å². The number of benzene rings is 2. The molecule has 2 aromatic carbocycles. The summed E-state index contributed by atoms with van der Waals surface area (Å²) in [7, 11) is 0. The normalized spacial score (nSPS) is 11.3. The first-order chi connectivity index (χ1) is 12.3. The number of rotatable bonds is 6. The molecule has 128 valence electrons. The summed E-state index contributed by atoms with van der Waals surface area (Å²) in [4.78, 5) is 8.86.